The molecule has 0 saturated heterocycles. The van der Waals surface area contributed by atoms with Crippen LogP contribution in [0.15, 0.2) is 30.5 Å². The average molecular weight is 311 g/mol. The van der Waals surface area contributed by atoms with E-state index in [9.17, 15) is 4.79 Å². The van der Waals surface area contributed by atoms with Gasteiger partial charge in [0.15, 0.2) is 4.47 Å². The van der Waals surface area contributed by atoms with Crippen LogP contribution in [0.25, 0.3) is 0 Å². The number of anilines is 1. The number of carbonyl (C=O) groups excluding carboxylic acids is 1. The number of carbonyl (C=O) groups is 1. The van der Waals surface area contributed by atoms with E-state index in [1.165, 1.54) is 11.3 Å². The number of nitrogens with one attached hydrogen (secondary N) is 1. The van der Waals surface area contributed by atoms with E-state index >= 15 is 0 Å². The first-order valence-electron chi connectivity index (χ1n) is 6.19. The number of thiazole rings is 1. The van der Waals surface area contributed by atoms with Crippen LogP contribution in [-0.2, 0) is 11.3 Å². The predicted molar refractivity (Wildman–Crippen MR) is 81.4 cm³/mol. The van der Waals surface area contributed by atoms with Crippen LogP contribution in [0.5, 0.6) is 0 Å². The summed E-state index contributed by atoms with van der Waals surface area (Å²) in [5.41, 5.74) is 1.47. The van der Waals surface area contributed by atoms with Crippen LogP contribution < -0.4 is 5.32 Å². The minimum atomic E-state index is -0.305. The van der Waals surface area contributed by atoms with Gasteiger partial charge in [-0.3, -0.25) is 0 Å². The van der Waals surface area contributed by atoms with Gasteiger partial charge in [-0.15, -0.1) is 11.3 Å². The van der Waals surface area contributed by atoms with E-state index in [1.54, 1.807) is 18.3 Å². The van der Waals surface area contributed by atoms with Crippen LogP contribution in [0.1, 0.15) is 29.1 Å². The predicted octanol–water partition coefficient (Wildman–Crippen LogP) is 3.97. The van der Waals surface area contributed by atoms with Gasteiger partial charge in [0.2, 0.25) is 0 Å². The Bertz CT molecular complexity index is 581. The third-order valence-corrected chi connectivity index (χ3v) is 3.57. The Morgan fingerprint density at radius 2 is 2.10 bits per heavy atom. The van der Waals surface area contributed by atoms with Crippen LogP contribution in [0, 0.1) is 0 Å². The molecule has 2 rings (SSSR count). The largest absolute Gasteiger partial charge is 0.459 e. The number of benzene rings is 1. The van der Waals surface area contributed by atoms with Crippen molar-refractivity contribution in [1.82, 2.24) is 4.98 Å². The fourth-order valence-corrected chi connectivity index (χ4v) is 2.48. The van der Waals surface area contributed by atoms with Crippen LogP contribution in [-0.4, -0.2) is 17.1 Å². The van der Waals surface area contributed by atoms with Gasteiger partial charge in [0.05, 0.1) is 18.2 Å². The zero-order chi connectivity index (χ0) is 14.5. The van der Waals surface area contributed by atoms with Crippen LogP contribution in [0.3, 0.4) is 0 Å². The molecule has 0 aliphatic heterocycles. The summed E-state index contributed by atoms with van der Waals surface area (Å²) in [5.74, 6) is -0.305. The normalized spacial score (nSPS) is 10.6. The number of aromatic nitrogens is 1. The van der Waals surface area contributed by atoms with Gasteiger partial charge in [-0.2, -0.15) is 0 Å². The zero-order valence-corrected chi connectivity index (χ0v) is 12.8. The van der Waals surface area contributed by atoms with Crippen molar-refractivity contribution in [2.24, 2.45) is 0 Å². The molecule has 0 fully saturated rings. The Hall–Kier alpha value is -1.59. The Morgan fingerprint density at radius 1 is 1.40 bits per heavy atom. The molecule has 1 N–H and O–H groups in total. The Labute approximate surface area is 126 Å². The van der Waals surface area contributed by atoms with E-state index in [4.69, 9.17) is 16.3 Å². The number of halogens is 1. The summed E-state index contributed by atoms with van der Waals surface area (Å²) < 4.78 is 5.66. The van der Waals surface area contributed by atoms with Crippen molar-refractivity contribution in [2.45, 2.75) is 26.5 Å². The van der Waals surface area contributed by atoms with Gasteiger partial charge in [-0.25, -0.2) is 9.78 Å². The molecule has 4 nitrogen and oxygen atoms in total. The van der Waals surface area contributed by atoms with Crippen molar-refractivity contribution in [3.63, 3.8) is 0 Å². The molecule has 0 aliphatic carbocycles. The Morgan fingerprint density at radius 3 is 2.65 bits per heavy atom. The first-order chi connectivity index (χ1) is 9.54. The highest BCUT2D eigenvalue weighted by atomic mass is 35.5. The highest BCUT2D eigenvalue weighted by molar-refractivity contribution is 7.15. The number of hydrogen-bond donors (Lipinski definition) is 1. The van der Waals surface area contributed by atoms with Crippen molar-refractivity contribution >= 4 is 34.6 Å². The third kappa shape index (κ3) is 4.21. The number of hydrogen-bond acceptors (Lipinski definition) is 5. The van der Waals surface area contributed by atoms with Crippen molar-refractivity contribution in [3.8, 4) is 0 Å². The lowest BCUT2D eigenvalue weighted by atomic mass is 10.2. The lowest BCUT2D eigenvalue weighted by Gasteiger charge is -2.09. The lowest BCUT2D eigenvalue weighted by Crippen LogP contribution is -2.11. The third-order valence-electron chi connectivity index (χ3n) is 2.46. The van der Waals surface area contributed by atoms with Crippen LogP contribution in [0.4, 0.5) is 5.69 Å². The molecule has 1 aromatic carbocycles. The zero-order valence-electron chi connectivity index (χ0n) is 11.2. The van der Waals surface area contributed by atoms with E-state index in [0.717, 1.165) is 10.6 Å². The standard InChI is InChI=1S/C14H15ClN2O2S/c1-9(2)19-13(18)10-3-5-11(6-4-10)16-7-12-8-17-14(15)20-12/h3-6,8-9,16H,7H2,1-2H3. The van der Waals surface area contributed by atoms with E-state index < -0.39 is 0 Å². The SMILES string of the molecule is CC(C)OC(=O)c1ccc(NCc2cnc(Cl)s2)cc1. The van der Waals surface area contributed by atoms with Crippen LogP contribution >= 0.6 is 22.9 Å². The molecule has 6 heteroatoms. The summed E-state index contributed by atoms with van der Waals surface area (Å²) in [6.45, 7) is 4.31. The van der Waals surface area contributed by atoms with Crippen molar-refractivity contribution in [2.75, 3.05) is 5.32 Å². The lowest BCUT2D eigenvalue weighted by molar-refractivity contribution is 0.0378. The fourth-order valence-electron chi connectivity index (χ4n) is 1.56. The summed E-state index contributed by atoms with van der Waals surface area (Å²) in [6, 6.07) is 7.18. The van der Waals surface area contributed by atoms with Gasteiger partial charge in [-0.05, 0) is 38.1 Å². The first kappa shape index (κ1) is 14.8. The molecule has 106 valence electrons. The number of rotatable bonds is 5. The van der Waals surface area contributed by atoms with Crippen molar-refractivity contribution in [1.29, 1.82) is 0 Å². The first-order valence-corrected chi connectivity index (χ1v) is 7.39. The quantitative estimate of drug-likeness (QED) is 0.849. The number of nitrogens with zero attached hydrogens (tertiary/aromatic N) is 1. The highest BCUT2D eigenvalue weighted by Crippen LogP contribution is 2.19. The van der Waals surface area contributed by atoms with E-state index in [2.05, 4.69) is 10.3 Å². The van der Waals surface area contributed by atoms with Gasteiger partial charge in [0.1, 0.15) is 0 Å². The summed E-state index contributed by atoms with van der Waals surface area (Å²) >= 11 is 7.21. The Kier molecular flexibility index (Phi) is 4.98. The van der Waals surface area contributed by atoms with Crippen molar-refractivity contribution < 1.29 is 9.53 Å². The molecule has 0 bridgehead atoms. The van der Waals surface area contributed by atoms with E-state index in [0.29, 0.717) is 16.6 Å². The molecule has 0 spiro atoms. The summed E-state index contributed by atoms with van der Waals surface area (Å²) in [5, 5.41) is 3.24. The average Bonchev–Trinajstić information content (AvgIpc) is 2.82. The van der Waals surface area contributed by atoms with E-state index in [-0.39, 0.29) is 12.1 Å². The van der Waals surface area contributed by atoms with Gasteiger partial charge in [0.25, 0.3) is 0 Å². The molecule has 2 aromatic rings. The second kappa shape index (κ2) is 6.72. The molecular weight excluding hydrogens is 296 g/mol. The minimum absolute atomic E-state index is 0.114. The number of esters is 1. The summed E-state index contributed by atoms with van der Waals surface area (Å²) in [4.78, 5) is 16.7. The number of ether oxygens (including phenoxy) is 1. The van der Waals surface area contributed by atoms with Gasteiger partial charge >= 0.3 is 5.97 Å². The van der Waals surface area contributed by atoms with Gasteiger partial charge in [-0.1, -0.05) is 11.6 Å². The van der Waals surface area contributed by atoms with Gasteiger partial charge in [0, 0.05) is 16.8 Å². The molecular formula is C14H15ClN2O2S. The molecule has 20 heavy (non-hydrogen) atoms. The molecule has 1 heterocycles. The van der Waals surface area contributed by atoms with Crippen LogP contribution in [0.2, 0.25) is 4.47 Å². The summed E-state index contributed by atoms with van der Waals surface area (Å²) in [6.07, 6.45) is 1.63. The van der Waals surface area contributed by atoms with Gasteiger partial charge < -0.3 is 10.1 Å². The topological polar surface area (TPSA) is 51.2 Å². The second-order valence-electron chi connectivity index (χ2n) is 4.46. The second-order valence-corrected chi connectivity index (χ2v) is 6.16. The highest BCUT2D eigenvalue weighted by Gasteiger charge is 2.08. The fraction of sp³-hybridized carbons (Fsp3) is 0.286. The molecule has 0 radical (unpaired) electrons. The smallest absolute Gasteiger partial charge is 0.338 e. The maximum atomic E-state index is 11.7. The molecule has 0 saturated carbocycles. The molecule has 0 unspecified atom stereocenters. The van der Waals surface area contributed by atoms with Crippen molar-refractivity contribution in [3.05, 3.63) is 45.4 Å². The molecule has 0 amide bonds. The summed E-state index contributed by atoms with van der Waals surface area (Å²) in [7, 11) is 0. The van der Waals surface area contributed by atoms with E-state index in [1.807, 2.05) is 26.0 Å². The monoisotopic (exact) mass is 310 g/mol. The molecule has 0 aliphatic rings. The molecule has 0 atom stereocenters. The minimum Gasteiger partial charge on any atom is -0.459 e. The maximum absolute atomic E-state index is 11.7. The maximum Gasteiger partial charge on any atom is 0.338 e. The molecule has 1 aromatic heterocycles. The Balaban J connectivity index is 1.93.